The van der Waals surface area contributed by atoms with Gasteiger partial charge in [-0.1, -0.05) is 104 Å². The first-order chi connectivity index (χ1) is 16.5. The number of amides is 1. The van der Waals surface area contributed by atoms with E-state index in [4.69, 9.17) is 0 Å². The third-order valence-corrected chi connectivity index (χ3v) is 7.25. The molecule has 0 aliphatic rings. The summed E-state index contributed by atoms with van der Waals surface area (Å²) in [4.78, 5) is 11.6. The summed E-state index contributed by atoms with van der Waals surface area (Å²) in [5.74, 6) is -0.195. The highest BCUT2D eigenvalue weighted by molar-refractivity contribution is 5.86. The van der Waals surface area contributed by atoms with Gasteiger partial charge in [-0.05, 0) is 44.6 Å². The lowest BCUT2D eigenvalue weighted by molar-refractivity contribution is -0.931. The molecular weight excluding hydrogens is 420 g/mol. The molecule has 0 rings (SSSR count). The summed E-state index contributed by atoms with van der Waals surface area (Å²) >= 11 is 0. The topological polar surface area (TPSA) is 49.3 Å². The molecule has 0 radical (unpaired) electrons. The molecule has 0 aromatic carbocycles. The van der Waals surface area contributed by atoms with Crippen LogP contribution in [0.1, 0.15) is 136 Å². The van der Waals surface area contributed by atoms with Gasteiger partial charge in [0.1, 0.15) is 12.6 Å². The molecule has 4 heteroatoms. The van der Waals surface area contributed by atoms with E-state index in [0.29, 0.717) is 6.54 Å². The molecule has 0 aromatic rings. The molecule has 0 spiro atoms. The lowest BCUT2D eigenvalue weighted by Gasteiger charge is -2.41. The molecule has 202 valence electrons. The van der Waals surface area contributed by atoms with E-state index in [-0.39, 0.29) is 5.91 Å². The van der Waals surface area contributed by atoms with Crippen molar-refractivity contribution in [3.63, 3.8) is 0 Å². The minimum Gasteiger partial charge on any atom is -0.385 e. The quantitative estimate of drug-likeness (QED) is 0.0761. The van der Waals surface area contributed by atoms with Crippen LogP contribution in [0.2, 0.25) is 0 Å². The van der Waals surface area contributed by atoms with Gasteiger partial charge >= 0.3 is 0 Å². The standard InChI is InChI=1S/C30H60N2O2/c1-5-9-12-15-18-21-24-32(25-22-19-16-13-10-6-2,26-23-20-17-14-11-7-3)28-29(33)27-31-30(34)8-4/h8,29,33H,4-7,9-28H2,1-3H3/p+1. The van der Waals surface area contributed by atoms with E-state index in [9.17, 15) is 9.90 Å². The first-order valence-corrected chi connectivity index (χ1v) is 15.0. The molecule has 0 aliphatic heterocycles. The number of nitrogens with one attached hydrogen (secondary N) is 1. The van der Waals surface area contributed by atoms with Gasteiger partial charge in [0.05, 0.1) is 19.6 Å². The van der Waals surface area contributed by atoms with Crippen LogP contribution in [0.15, 0.2) is 12.7 Å². The minimum absolute atomic E-state index is 0.195. The fourth-order valence-electron chi connectivity index (χ4n) is 5.09. The maximum atomic E-state index is 11.6. The Labute approximate surface area is 213 Å². The van der Waals surface area contributed by atoms with Gasteiger partial charge in [-0.15, -0.1) is 0 Å². The molecule has 0 fully saturated rings. The minimum atomic E-state index is -0.496. The van der Waals surface area contributed by atoms with Gasteiger partial charge in [-0.3, -0.25) is 4.79 Å². The lowest BCUT2D eigenvalue weighted by atomic mass is 10.1. The van der Waals surface area contributed by atoms with Crippen LogP contribution in [0.3, 0.4) is 0 Å². The van der Waals surface area contributed by atoms with E-state index in [1.54, 1.807) is 0 Å². The first-order valence-electron chi connectivity index (χ1n) is 15.0. The Morgan fingerprint density at radius 2 is 1.06 bits per heavy atom. The Bertz CT molecular complexity index is 426. The highest BCUT2D eigenvalue weighted by atomic mass is 16.3. The molecule has 2 N–H and O–H groups in total. The zero-order chi connectivity index (χ0) is 25.3. The van der Waals surface area contributed by atoms with Crippen LogP contribution in [0.4, 0.5) is 0 Å². The van der Waals surface area contributed by atoms with Gasteiger partial charge in [0.25, 0.3) is 0 Å². The zero-order valence-electron chi connectivity index (χ0n) is 23.4. The highest BCUT2D eigenvalue weighted by Gasteiger charge is 2.29. The van der Waals surface area contributed by atoms with Crippen molar-refractivity contribution in [2.45, 2.75) is 142 Å². The average Bonchev–Trinajstić information content (AvgIpc) is 2.84. The van der Waals surface area contributed by atoms with E-state index in [1.165, 1.54) is 141 Å². The normalized spacial score (nSPS) is 12.6. The SMILES string of the molecule is C=CC(=O)NCC(O)C[N+](CCCCCCCC)(CCCCCCCC)CCCCCCCC. The van der Waals surface area contributed by atoms with Gasteiger partial charge in [-0.2, -0.15) is 0 Å². The molecule has 0 heterocycles. The Hall–Kier alpha value is -0.870. The maximum Gasteiger partial charge on any atom is 0.243 e. The maximum absolute atomic E-state index is 11.6. The summed E-state index contributed by atoms with van der Waals surface area (Å²) in [7, 11) is 0. The van der Waals surface area contributed by atoms with Crippen LogP contribution in [0.5, 0.6) is 0 Å². The molecule has 0 saturated carbocycles. The molecule has 0 aliphatic carbocycles. The van der Waals surface area contributed by atoms with Crippen LogP contribution in [-0.4, -0.2) is 54.3 Å². The predicted molar refractivity (Wildman–Crippen MR) is 149 cm³/mol. The number of nitrogens with zero attached hydrogens (tertiary/aromatic N) is 1. The Kier molecular flexibility index (Phi) is 23.2. The van der Waals surface area contributed by atoms with Crippen molar-refractivity contribution >= 4 is 5.91 Å². The van der Waals surface area contributed by atoms with Gasteiger partial charge < -0.3 is 14.9 Å². The molecule has 4 nitrogen and oxygen atoms in total. The van der Waals surface area contributed by atoms with E-state index in [0.717, 1.165) is 11.0 Å². The summed E-state index contributed by atoms with van der Waals surface area (Å²) in [5.41, 5.74) is 0. The summed E-state index contributed by atoms with van der Waals surface area (Å²) in [6.45, 7) is 14.9. The number of rotatable bonds is 26. The van der Waals surface area contributed by atoms with Crippen LogP contribution in [0, 0.1) is 0 Å². The van der Waals surface area contributed by atoms with Crippen LogP contribution in [0.25, 0.3) is 0 Å². The van der Waals surface area contributed by atoms with Crippen molar-refractivity contribution in [3.05, 3.63) is 12.7 Å². The molecule has 0 aromatic heterocycles. The summed E-state index contributed by atoms with van der Waals surface area (Å²) in [6.07, 6.45) is 24.4. The van der Waals surface area contributed by atoms with Crippen molar-refractivity contribution in [2.75, 3.05) is 32.7 Å². The molecule has 0 bridgehead atoms. The van der Waals surface area contributed by atoms with Crippen molar-refractivity contribution in [3.8, 4) is 0 Å². The summed E-state index contributed by atoms with van der Waals surface area (Å²) < 4.78 is 1.03. The van der Waals surface area contributed by atoms with Crippen molar-refractivity contribution in [2.24, 2.45) is 0 Å². The van der Waals surface area contributed by atoms with Crippen LogP contribution in [-0.2, 0) is 4.79 Å². The first kappa shape index (κ1) is 33.1. The molecule has 1 amide bonds. The third-order valence-electron chi connectivity index (χ3n) is 7.25. The van der Waals surface area contributed by atoms with E-state index < -0.39 is 6.10 Å². The Balaban J connectivity index is 5.04. The van der Waals surface area contributed by atoms with E-state index in [1.807, 2.05) is 0 Å². The Morgan fingerprint density at radius 3 is 1.41 bits per heavy atom. The number of hydrogen-bond acceptors (Lipinski definition) is 2. The second-order valence-corrected chi connectivity index (χ2v) is 10.6. The number of quaternary nitrogens is 1. The largest absolute Gasteiger partial charge is 0.385 e. The second kappa shape index (κ2) is 23.9. The Morgan fingerprint density at radius 1 is 0.706 bits per heavy atom. The van der Waals surface area contributed by atoms with Gasteiger partial charge in [-0.25, -0.2) is 0 Å². The monoisotopic (exact) mass is 481 g/mol. The second-order valence-electron chi connectivity index (χ2n) is 10.6. The van der Waals surface area contributed by atoms with Crippen LogP contribution >= 0.6 is 0 Å². The number of hydrogen-bond donors (Lipinski definition) is 2. The third kappa shape index (κ3) is 19.4. The van der Waals surface area contributed by atoms with Gasteiger partial charge in [0.15, 0.2) is 0 Å². The van der Waals surface area contributed by atoms with E-state index in [2.05, 4.69) is 32.7 Å². The average molecular weight is 482 g/mol. The van der Waals surface area contributed by atoms with Crippen LogP contribution < -0.4 is 5.32 Å². The van der Waals surface area contributed by atoms with E-state index >= 15 is 0 Å². The number of carbonyl (C=O) groups excluding carboxylic acids is 1. The summed E-state index contributed by atoms with van der Waals surface area (Å²) in [5, 5.41) is 13.7. The zero-order valence-corrected chi connectivity index (χ0v) is 23.4. The van der Waals surface area contributed by atoms with Crippen molar-refractivity contribution < 1.29 is 14.4 Å². The van der Waals surface area contributed by atoms with Crippen molar-refractivity contribution in [1.29, 1.82) is 0 Å². The molecule has 1 atom stereocenters. The van der Waals surface area contributed by atoms with Gasteiger partial charge in [0, 0.05) is 6.54 Å². The number of carbonyl (C=O) groups is 1. The van der Waals surface area contributed by atoms with Crippen molar-refractivity contribution in [1.82, 2.24) is 5.32 Å². The molecule has 34 heavy (non-hydrogen) atoms. The van der Waals surface area contributed by atoms with Gasteiger partial charge in [0.2, 0.25) is 5.91 Å². The smallest absolute Gasteiger partial charge is 0.243 e. The number of unbranched alkanes of at least 4 members (excludes halogenated alkanes) is 15. The molecule has 0 saturated heterocycles. The molecule has 1 unspecified atom stereocenters. The molecular formula is C30H61N2O2+. The fourth-order valence-corrected chi connectivity index (χ4v) is 5.09. The lowest BCUT2D eigenvalue weighted by Crippen LogP contribution is -2.55. The number of aliphatic hydroxyl groups is 1. The fraction of sp³-hybridized carbons (Fsp3) is 0.900. The predicted octanol–water partition coefficient (Wildman–Crippen LogP) is 7.55. The highest BCUT2D eigenvalue weighted by Crippen LogP contribution is 2.19. The number of aliphatic hydroxyl groups excluding tert-OH is 1. The summed E-state index contributed by atoms with van der Waals surface area (Å²) in [6, 6.07) is 0.